The molecule has 0 amide bonds. The SMILES string of the molecule is CC1(C)C2CC=C(C(=O)OC3C=CCC3)CC21. The quantitative estimate of drug-likeness (QED) is 0.539. The zero-order chi connectivity index (χ0) is 12.0. The minimum atomic E-state index is -0.0808. The molecule has 1 saturated carbocycles. The average molecular weight is 232 g/mol. The summed E-state index contributed by atoms with van der Waals surface area (Å²) < 4.78 is 5.49. The van der Waals surface area contributed by atoms with Crippen molar-refractivity contribution >= 4 is 5.97 Å². The van der Waals surface area contributed by atoms with Gasteiger partial charge in [-0.1, -0.05) is 26.0 Å². The van der Waals surface area contributed by atoms with E-state index in [1.54, 1.807) is 0 Å². The van der Waals surface area contributed by atoms with Gasteiger partial charge < -0.3 is 4.74 Å². The van der Waals surface area contributed by atoms with Gasteiger partial charge in [0.05, 0.1) is 0 Å². The smallest absolute Gasteiger partial charge is 0.334 e. The molecule has 17 heavy (non-hydrogen) atoms. The zero-order valence-corrected chi connectivity index (χ0v) is 10.6. The molecule has 0 heterocycles. The second kappa shape index (κ2) is 3.72. The normalized spacial score (nSPS) is 37.3. The first-order valence-corrected chi connectivity index (χ1v) is 6.65. The average Bonchev–Trinajstić information content (AvgIpc) is 2.70. The Balaban J connectivity index is 1.60. The Hall–Kier alpha value is -1.05. The van der Waals surface area contributed by atoms with Crippen molar-refractivity contribution in [3.8, 4) is 0 Å². The third-order valence-electron chi connectivity index (χ3n) is 4.84. The highest BCUT2D eigenvalue weighted by Gasteiger charge is 2.58. The summed E-state index contributed by atoms with van der Waals surface area (Å²) in [6, 6.07) is 0. The summed E-state index contributed by atoms with van der Waals surface area (Å²) >= 11 is 0. The molecule has 3 aliphatic rings. The number of rotatable bonds is 2. The fraction of sp³-hybridized carbons (Fsp3) is 0.667. The largest absolute Gasteiger partial charge is 0.455 e. The zero-order valence-electron chi connectivity index (χ0n) is 10.6. The van der Waals surface area contributed by atoms with Crippen LogP contribution in [0.25, 0.3) is 0 Å². The Morgan fingerprint density at radius 1 is 1.41 bits per heavy atom. The number of esters is 1. The van der Waals surface area contributed by atoms with Crippen LogP contribution in [-0.2, 0) is 9.53 Å². The van der Waals surface area contributed by atoms with Crippen LogP contribution in [0, 0.1) is 17.3 Å². The predicted octanol–water partition coefficient (Wildman–Crippen LogP) is 3.24. The van der Waals surface area contributed by atoms with Gasteiger partial charge in [-0.15, -0.1) is 0 Å². The molecule has 1 fully saturated rings. The van der Waals surface area contributed by atoms with Crippen LogP contribution in [0.1, 0.15) is 39.5 Å². The summed E-state index contributed by atoms with van der Waals surface area (Å²) in [4.78, 5) is 12.0. The molecule has 3 rings (SSSR count). The van der Waals surface area contributed by atoms with Crippen molar-refractivity contribution in [1.29, 1.82) is 0 Å². The molecule has 92 valence electrons. The lowest BCUT2D eigenvalue weighted by molar-refractivity contribution is -0.142. The molecule has 0 radical (unpaired) electrons. The summed E-state index contributed by atoms with van der Waals surface area (Å²) in [6.07, 6.45) is 10.2. The van der Waals surface area contributed by atoms with Crippen LogP contribution in [-0.4, -0.2) is 12.1 Å². The van der Waals surface area contributed by atoms with Gasteiger partial charge in [0.1, 0.15) is 6.10 Å². The molecule has 3 aliphatic carbocycles. The second-order valence-corrected chi connectivity index (χ2v) is 6.15. The van der Waals surface area contributed by atoms with Crippen LogP contribution in [0.3, 0.4) is 0 Å². The molecule has 0 aromatic heterocycles. The molecule has 0 aromatic carbocycles. The summed E-state index contributed by atoms with van der Waals surface area (Å²) in [5.41, 5.74) is 1.35. The Kier molecular flexibility index (Phi) is 2.42. The van der Waals surface area contributed by atoms with E-state index in [1.807, 2.05) is 6.08 Å². The van der Waals surface area contributed by atoms with Crippen molar-refractivity contribution < 1.29 is 9.53 Å². The van der Waals surface area contributed by atoms with Gasteiger partial charge in [-0.3, -0.25) is 0 Å². The van der Waals surface area contributed by atoms with Gasteiger partial charge >= 0.3 is 5.97 Å². The lowest BCUT2D eigenvalue weighted by Gasteiger charge is -2.14. The van der Waals surface area contributed by atoms with E-state index in [-0.39, 0.29) is 12.1 Å². The molecular weight excluding hydrogens is 212 g/mol. The first kappa shape index (κ1) is 11.1. The molecule has 2 nitrogen and oxygen atoms in total. The molecule has 0 aromatic rings. The van der Waals surface area contributed by atoms with E-state index in [4.69, 9.17) is 4.74 Å². The van der Waals surface area contributed by atoms with Crippen LogP contribution in [0.4, 0.5) is 0 Å². The van der Waals surface area contributed by atoms with Gasteiger partial charge in [0, 0.05) is 5.57 Å². The maximum Gasteiger partial charge on any atom is 0.334 e. The summed E-state index contributed by atoms with van der Waals surface area (Å²) in [6.45, 7) is 4.62. The fourth-order valence-corrected chi connectivity index (χ4v) is 3.40. The van der Waals surface area contributed by atoms with Crippen molar-refractivity contribution in [3.05, 3.63) is 23.8 Å². The standard InChI is InChI=1S/C15H20O2/c1-15(2)12-8-7-10(9-13(12)15)14(16)17-11-5-3-4-6-11/h3,5,7,11-13H,4,6,8-9H2,1-2H3. The number of ether oxygens (including phenoxy) is 1. The monoisotopic (exact) mass is 232 g/mol. The molecule has 0 aliphatic heterocycles. The predicted molar refractivity (Wildman–Crippen MR) is 66.3 cm³/mol. The van der Waals surface area contributed by atoms with Gasteiger partial charge in [-0.05, 0) is 49.0 Å². The highest BCUT2D eigenvalue weighted by atomic mass is 16.5. The van der Waals surface area contributed by atoms with Gasteiger partial charge in [-0.25, -0.2) is 4.79 Å². The summed E-state index contributed by atoms with van der Waals surface area (Å²) in [7, 11) is 0. The van der Waals surface area contributed by atoms with Crippen molar-refractivity contribution in [2.45, 2.75) is 45.6 Å². The maximum absolute atomic E-state index is 12.0. The summed E-state index contributed by atoms with van der Waals surface area (Å²) in [5.74, 6) is 1.42. The fourth-order valence-electron chi connectivity index (χ4n) is 3.40. The topological polar surface area (TPSA) is 26.3 Å². The van der Waals surface area contributed by atoms with Crippen LogP contribution >= 0.6 is 0 Å². The van der Waals surface area contributed by atoms with Crippen LogP contribution < -0.4 is 0 Å². The Labute approximate surface area is 103 Å². The van der Waals surface area contributed by atoms with Crippen molar-refractivity contribution in [2.75, 3.05) is 0 Å². The molecule has 2 heteroatoms. The highest BCUT2D eigenvalue weighted by Crippen LogP contribution is 2.64. The minimum Gasteiger partial charge on any atom is -0.455 e. The van der Waals surface area contributed by atoms with E-state index in [0.717, 1.165) is 37.2 Å². The van der Waals surface area contributed by atoms with Gasteiger partial charge in [0.2, 0.25) is 0 Å². The first-order chi connectivity index (χ1) is 8.09. The van der Waals surface area contributed by atoms with Gasteiger partial charge in [0.25, 0.3) is 0 Å². The highest BCUT2D eigenvalue weighted by molar-refractivity contribution is 5.89. The lowest BCUT2D eigenvalue weighted by Crippen LogP contribution is -2.17. The van der Waals surface area contributed by atoms with Crippen LogP contribution in [0.15, 0.2) is 23.8 Å². The van der Waals surface area contributed by atoms with Crippen molar-refractivity contribution in [3.63, 3.8) is 0 Å². The molecule has 0 N–H and O–H groups in total. The molecule has 0 saturated heterocycles. The third kappa shape index (κ3) is 1.84. The number of carbonyl (C=O) groups is 1. The maximum atomic E-state index is 12.0. The van der Waals surface area contributed by atoms with Crippen LogP contribution in [0.2, 0.25) is 0 Å². The number of fused-ring (bicyclic) bond motifs is 1. The number of hydrogen-bond acceptors (Lipinski definition) is 2. The van der Waals surface area contributed by atoms with Crippen molar-refractivity contribution in [1.82, 2.24) is 0 Å². The second-order valence-electron chi connectivity index (χ2n) is 6.15. The number of allylic oxidation sites excluding steroid dienone is 2. The first-order valence-electron chi connectivity index (χ1n) is 6.65. The van der Waals surface area contributed by atoms with E-state index in [9.17, 15) is 4.79 Å². The number of carbonyl (C=O) groups excluding carboxylic acids is 1. The van der Waals surface area contributed by atoms with E-state index in [2.05, 4.69) is 26.0 Å². The number of hydrogen-bond donors (Lipinski definition) is 0. The molecule has 0 spiro atoms. The molecule has 3 atom stereocenters. The summed E-state index contributed by atoms with van der Waals surface area (Å²) in [5, 5.41) is 0. The van der Waals surface area contributed by atoms with Crippen molar-refractivity contribution in [2.24, 2.45) is 17.3 Å². The van der Waals surface area contributed by atoms with E-state index in [1.165, 1.54) is 0 Å². The van der Waals surface area contributed by atoms with E-state index >= 15 is 0 Å². The Morgan fingerprint density at radius 2 is 2.24 bits per heavy atom. The molecule has 0 bridgehead atoms. The minimum absolute atomic E-state index is 0.0216. The Morgan fingerprint density at radius 3 is 2.88 bits per heavy atom. The van der Waals surface area contributed by atoms with Gasteiger partial charge in [-0.2, -0.15) is 0 Å². The third-order valence-corrected chi connectivity index (χ3v) is 4.84. The lowest BCUT2D eigenvalue weighted by atomic mass is 9.99. The van der Waals surface area contributed by atoms with Gasteiger partial charge in [0.15, 0.2) is 0 Å². The molecular formula is C15H20O2. The Bertz CT molecular complexity index is 403. The molecule has 3 unspecified atom stereocenters. The van der Waals surface area contributed by atoms with E-state index in [0.29, 0.717) is 11.3 Å². The van der Waals surface area contributed by atoms with E-state index < -0.39 is 0 Å². The van der Waals surface area contributed by atoms with Crippen LogP contribution in [0.5, 0.6) is 0 Å².